The lowest BCUT2D eigenvalue weighted by atomic mass is 10.2. The number of hydrogen-bond donors (Lipinski definition) is 2. The lowest BCUT2D eigenvalue weighted by molar-refractivity contribution is 0.102. The fourth-order valence-corrected chi connectivity index (χ4v) is 1.68. The van der Waals surface area contributed by atoms with Crippen molar-refractivity contribution < 1.29 is 4.79 Å². The van der Waals surface area contributed by atoms with Gasteiger partial charge in [-0.2, -0.15) is 13.8 Å². The number of H-pyrrole nitrogens is 1. The highest BCUT2D eigenvalue weighted by atomic mass is 32.1. The second kappa shape index (κ2) is 4.84. The van der Waals surface area contributed by atoms with Crippen LogP contribution in [0.1, 0.15) is 29.5 Å². The van der Waals surface area contributed by atoms with Crippen LogP contribution >= 0.6 is 11.7 Å². The minimum Gasteiger partial charge on any atom is -0.304 e. The van der Waals surface area contributed by atoms with E-state index in [1.54, 1.807) is 0 Å². The average molecular weight is 237 g/mol. The van der Waals surface area contributed by atoms with Crippen molar-refractivity contribution in [3.8, 4) is 0 Å². The van der Waals surface area contributed by atoms with E-state index in [4.69, 9.17) is 0 Å². The minimum atomic E-state index is -0.289. The number of rotatable bonds is 4. The monoisotopic (exact) mass is 237 g/mol. The molecule has 16 heavy (non-hydrogen) atoms. The van der Waals surface area contributed by atoms with E-state index in [1.165, 1.54) is 6.20 Å². The van der Waals surface area contributed by atoms with Crippen molar-refractivity contribution in [1.82, 2.24) is 18.9 Å². The molecule has 2 aromatic heterocycles. The Hall–Kier alpha value is -1.76. The summed E-state index contributed by atoms with van der Waals surface area (Å²) in [5.41, 5.74) is 1.32. The summed E-state index contributed by atoms with van der Waals surface area (Å²) >= 11 is 1.00. The van der Waals surface area contributed by atoms with Gasteiger partial charge in [-0.3, -0.25) is 9.89 Å². The van der Waals surface area contributed by atoms with Gasteiger partial charge in [-0.25, -0.2) is 0 Å². The Labute approximate surface area is 96.4 Å². The second-order valence-corrected chi connectivity index (χ2v) is 3.83. The van der Waals surface area contributed by atoms with Crippen molar-refractivity contribution in [3.05, 3.63) is 23.7 Å². The molecule has 0 aliphatic carbocycles. The highest BCUT2D eigenvalue weighted by molar-refractivity contribution is 6.99. The number of anilines is 1. The molecule has 0 aromatic carbocycles. The van der Waals surface area contributed by atoms with E-state index in [0.29, 0.717) is 11.5 Å². The third-order valence-corrected chi connectivity index (χ3v) is 2.46. The van der Waals surface area contributed by atoms with E-state index in [0.717, 1.165) is 30.3 Å². The quantitative estimate of drug-likeness (QED) is 0.843. The van der Waals surface area contributed by atoms with Gasteiger partial charge in [0.2, 0.25) is 0 Å². The summed E-state index contributed by atoms with van der Waals surface area (Å²) in [5, 5.41) is 9.49. The van der Waals surface area contributed by atoms with Gasteiger partial charge in [0, 0.05) is 11.8 Å². The zero-order chi connectivity index (χ0) is 11.4. The van der Waals surface area contributed by atoms with Crippen LogP contribution in [0.4, 0.5) is 5.82 Å². The van der Waals surface area contributed by atoms with Crippen LogP contribution in [0.2, 0.25) is 0 Å². The molecule has 0 spiro atoms. The van der Waals surface area contributed by atoms with E-state index in [-0.39, 0.29) is 5.91 Å². The number of nitrogens with zero attached hydrogens (tertiary/aromatic N) is 3. The Morgan fingerprint density at radius 1 is 1.62 bits per heavy atom. The van der Waals surface area contributed by atoms with Gasteiger partial charge in [-0.15, -0.1) is 0 Å². The number of amides is 1. The van der Waals surface area contributed by atoms with E-state index in [2.05, 4.69) is 31.2 Å². The third kappa shape index (κ3) is 2.43. The van der Waals surface area contributed by atoms with Gasteiger partial charge < -0.3 is 5.32 Å². The summed E-state index contributed by atoms with van der Waals surface area (Å²) in [5.74, 6) is 0.227. The Kier molecular flexibility index (Phi) is 3.25. The molecule has 2 rings (SSSR count). The maximum atomic E-state index is 11.6. The first-order chi connectivity index (χ1) is 7.79. The average Bonchev–Trinajstić information content (AvgIpc) is 2.89. The fraction of sp³-hybridized carbons (Fsp3) is 0.333. The molecule has 1 amide bonds. The first-order valence-corrected chi connectivity index (χ1v) is 5.66. The summed E-state index contributed by atoms with van der Waals surface area (Å²) in [7, 11) is 0. The van der Waals surface area contributed by atoms with E-state index in [1.807, 2.05) is 6.07 Å². The van der Waals surface area contributed by atoms with Crippen LogP contribution in [0.5, 0.6) is 0 Å². The summed E-state index contributed by atoms with van der Waals surface area (Å²) in [6, 6.07) is 1.82. The number of aromatic nitrogens is 4. The highest BCUT2D eigenvalue weighted by Crippen LogP contribution is 2.08. The molecule has 0 fully saturated rings. The predicted octanol–water partition coefficient (Wildman–Crippen LogP) is 1.47. The first-order valence-electron chi connectivity index (χ1n) is 4.92. The minimum absolute atomic E-state index is 0.289. The number of hydrogen-bond acceptors (Lipinski definition) is 5. The fourth-order valence-electron chi connectivity index (χ4n) is 1.27. The van der Waals surface area contributed by atoms with Crippen LogP contribution in [0.25, 0.3) is 0 Å². The zero-order valence-electron chi connectivity index (χ0n) is 8.73. The number of carbonyl (C=O) groups excluding carboxylic acids is 1. The zero-order valence-corrected chi connectivity index (χ0v) is 9.54. The maximum Gasteiger partial charge on any atom is 0.278 e. The number of nitrogens with one attached hydrogen (secondary N) is 2. The van der Waals surface area contributed by atoms with Crippen molar-refractivity contribution in [2.24, 2.45) is 0 Å². The third-order valence-electron chi connectivity index (χ3n) is 1.99. The van der Waals surface area contributed by atoms with Gasteiger partial charge >= 0.3 is 0 Å². The molecular weight excluding hydrogens is 226 g/mol. The van der Waals surface area contributed by atoms with Crippen LogP contribution in [0.15, 0.2) is 12.3 Å². The molecular formula is C9H11N5OS. The number of aromatic amines is 1. The first kappa shape index (κ1) is 10.7. The van der Waals surface area contributed by atoms with Crippen molar-refractivity contribution in [2.45, 2.75) is 19.8 Å². The molecule has 7 heteroatoms. The number of aryl methyl sites for hydroxylation is 1. The predicted molar refractivity (Wildman–Crippen MR) is 60.4 cm³/mol. The van der Waals surface area contributed by atoms with Gasteiger partial charge in [-0.05, 0) is 6.42 Å². The molecule has 2 heterocycles. The summed E-state index contributed by atoms with van der Waals surface area (Å²) in [4.78, 5) is 11.6. The van der Waals surface area contributed by atoms with Crippen molar-refractivity contribution in [1.29, 1.82) is 0 Å². The van der Waals surface area contributed by atoms with Crippen molar-refractivity contribution in [2.75, 3.05) is 5.32 Å². The molecule has 0 bridgehead atoms. The Balaban J connectivity index is 2.01. The molecule has 6 nitrogen and oxygen atoms in total. The summed E-state index contributed by atoms with van der Waals surface area (Å²) in [6.07, 6.45) is 3.38. The molecule has 0 aliphatic heterocycles. The van der Waals surface area contributed by atoms with Crippen LogP contribution in [-0.4, -0.2) is 24.9 Å². The van der Waals surface area contributed by atoms with E-state index in [9.17, 15) is 4.79 Å². The van der Waals surface area contributed by atoms with Crippen molar-refractivity contribution >= 4 is 23.5 Å². The largest absolute Gasteiger partial charge is 0.304 e. The molecule has 84 valence electrons. The Bertz CT molecular complexity index is 464. The number of carbonyl (C=O) groups is 1. The Morgan fingerprint density at radius 2 is 2.50 bits per heavy atom. The van der Waals surface area contributed by atoms with E-state index < -0.39 is 0 Å². The normalized spacial score (nSPS) is 10.3. The molecule has 0 saturated carbocycles. The SMILES string of the molecule is CCCc1cc(NC(=O)c2cnsn2)n[nH]1. The van der Waals surface area contributed by atoms with Gasteiger partial charge in [0.25, 0.3) is 5.91 Å². The molecule has 0 atom stereocenters. The lowest BCUT2D eigenvalue weighted by Gasteiger charge is -1.95. The smallest absolute Gasteiger partial charge is 0.278 e. The molecule has 0 unspecified atom stereocenters. The Morgan fingerprint density at radius 3 is 3.19 bits per heavy atom. The van der Waals surface area contributed by atoms with Crippen LogP contribution in [-0.2, 0) is 6.42 Å². The van der Waals surface area contributed by atoms with E-state index >= 15 is 0 Å². The summed E-state index contributed by atoms with van der Waals surface area (Å²) < 4.78 is 7.60. The molecule has 0 aliphatic rings. The van der Waals surface area contributed by atoms with Crippen LogP contribution < -0.4 is 5.32 Å². The molecule has 0 saturated heterocycles. The maximum absolute atomic E-state index is 11.6. The molecule has 0 radical (unpaired) electrons. The van der Waals surface area contributed by atoms with Gasteiger partial charge in [-0.1, -0.05) is 13.3 Å². The molecule has 2 N–H and O–H groups in total. The van der Waals surface area contributed by atoms with Gasteiger partial charge in [0.15, 0.2) is 11.5 Å². The summed E-state index contributed by atoms with van der Waals surface area (Å²) in [6.45, 7) is 2.08. The van der Waals surface area contributed by atoms with Gasteiger partial charge in [0.1, 0.15) is 0 Å². The molecule has 2 aromatic rings. The van der Waals surface area contributed by atoms with Crippen LogP contribution in [0.3, 0.4) is 0 Å². The highest BCUT2D eigenvalue weighted by Gasteiger charge is 2.10. The lowest BCUT2D eigenvalue weighted by Crippen LogP contribution is -2.12. The second-order valence-electron chi connectivity index (χ2n) is 3.28. The standard InChI is InChI=1S/C9H11N5OS/c1-2-3-6-4-8(13-12-6)11-9(15)7-5-10-16-14-7/h4-5H,2-3H2,1H3,(H2,11,12,13,15). The topological polar surface area (TPSA) is 83.6 Å². The van der Waals surface area contributed by atoms with Crippen LogP contribution in [0, 0.1) is 0 Å². The van der Waals surface area contributed by atoms with Crippen molar-refractivity contribution in [3.63, 3.8) is 0 Å². The van der Waals surface area contributed by atoms with Gasteiger partial charge in [0.05, 0.1) is 17.9 Å².